The van der Waals surface area contributed by atoms with Gasteiger partial charge in [-0.15, -0.1) is 0 Å². The Labute approximate surface area is 151 Å². The van der Waals surface area contributed by atoms with Crippen LogP contribution in [0.2, 0.25) is 0 Å². The van der Waals surface area contributed by atoms with Gasteiger partial charge >= 0.3 is 0 Å². The fourth-order valence-corrected chi connectivity index (χ4v) is 3.17. The van der Waals surface area contributed by atoms with Gasteiger partial charge in [0.15, 0.2) is 0 Å². The molecular weight excluding hydrogens is 314 g/mol. The Kier molecular flexibility index (Phi) is 7.44. The second kappa shape index (κ2) is 9.56. The number of carbonyl (C=O) groups is 2. The first-order valence-electron chi connectivity index (χ1n) is 9.45. The molecule has 5 nitrogen and oxygen atoms in total. The molecule has 0 saturated carbocycles. The van der Waals surface area contributed by atoms with Gasteiger partial charge in [-0.3, -0.25) is 9.59 Å². The Morgan fingerprint density at radius 3 is 2.76 bits per heavy atom. The fourth-order valence-electron chi connectivity index (χ4n) is 3.17. The van der Waals surface area contributed by atoms with Crippen LogP contribution in [0.4, 0.5) is 5.69 Å². The van der Waals surface area contributed by atoms with Gasteiger partial charge in [0.05, 0.1) is 5.92 Å². The van der Waals surface area contributed by atoms with Crippen molar-refractivity contribution in [3.8, 4) is 0 Å². The molecule has 0 bridgehead atoms. The lowest BCUT2D eigenvalue weighted by Crippen LogP contribution is -2.45. The van der Waals surface area contributed by atoms with E-state index >= 15 is 0 Å². The highest BCUT2D eigenvalue weighted by Crippen LogP contribution is 2.22. The van der Waals surface area contributed by atoms with Crippen LogP contribution in [0.25, 0.3) is 0 Å². The maximum absolute atomic E-state index is 12.7. The molecule has 1 fully saturated rings. The average Bonchev–Trinajstić information content (AvgIpc) is 2.66. The summed E-state index contributed by atoms with van der Waals surface area (Å²) in [4.78, 5) is 27.0. The van der Waals surface area contributed by atoms with Gasteiger partial charge in [-0.05, 0) is 37.4 Å². The Hall–Kier alpha value is -1.88. The number of amides is 2. The number of nitrogens with one attached hydrogen (secondary N) is 2. The summed E-state index contributed by atoms with van der Waals surface area (Å²) in [6.07, 6.45) is 2.56. The number of para-hydroxylation sites is 1. The van der Waals surface area contributed by atoms with Gasteiger partial charge in [-0.1, -0.05) is 39.0 Å². The van der Waals surface area contributed by atoms with E-state index in [4.69, 9.17) is 0 Å². The predicted molar refractivity (Wildman–Crippen MR) is 101 cm³/mol. The van der Waals surface area contributed by atoms with E-state index in [1.807, 2.05) is 43.0 Å². The highest BCUT2D eigenvalue weighted by Gasteiger charge is 2.30. The minimum atomic E-state index is -0.131. The van der Waals surface area contributed by atoms with Gasteiger partial charge in [0.1, 0.15) is 0 Å². The molecule has 1 saturated heterocycles. The molecule has 1 aromatic carbocycles. The van der Waals surface area contributed by atoms with Crippen LogP contribution < -0.4 is 10.6 Å². The Balaban J connectivity index is 2.00. The van der Waals surface area contributed by atoms with E-state index in [2.05, 4.69) is 17.6 Å². The lowest BCUT2D eigenvalue weighted by atomic mass is 9.95. The molecule has 1 heterocycles. The van der Waals surface area contributed by atoms with Crippen LogP contribution in [0, 0.1) is 11.8 Å². The van der Waals surface area contributed by atoms with Crippen molar-refractivity contribution in [3.05, 3.63) is 29.8 Å². The van der Waals surface area contributed by atoms with Crippen LogP contribution in [0.15, 0.2) is 24.3 Å². The molecule has 138 valence electrons. The first kappa shape index (κ1) is 19.4. The molecule has 2 atom stereocenters. The van der Waals surface area contributed by atoms with Crippen molar-refractivity contribution in [2.45, 2.75) is 46.6 Å². The number of hydrogen-bond acceptors (Lipinski definition) is 3. The SMILES string of the molecule is CCNCc1ccccc1NC(=O)C1CCCN(C(=O)C(C)CC)C1. The van der Waals surface area contributed by atoms with Crippen molar-refractivity contribution >= 4 is 17.5 Å². The highest BCUT2D eigenvalue weighted by molar-refractivity contribution is 5.94. The molecule has 0 spiro atoms. The van der Waals surface area contributed by atoms with Crippen LogP contribution in [-0.4, -0.2) is 36.3 Å². The van der Waals surface area contributed by atoms with Crippen molar-refractivity contribution < 1.29 is 9.59 Å². The van der Waals surface area contributed by atoms with Crippen LogP contribution in [0.1, 0.15) is 45.6 Å². The molecule has 25 heavy (non-hydrogen) atoms. The van der Waals surface area contributed by atoms with Crippen molar-refractivity contribution in [1.29, 1.82) is 0 Å². The third-order valence-electron chi connectivity index (χ3n) is 4.98. The van der Waals surface area contributed by atoms with Gasteiger partial charge in [0.2, 0.25) is 11.8 Å². The number of anilines is 1. The van der Waals surface area contributed by atoms with Crippen molar-refractivity contribution in [2.75, 3.05) is 25.0 Å². The number of hydrogen-bond donors (Lipinski definition) is 2. The lowest BCUT2D eigenvalue weighted by molar-refractivity contribution is -0.138. The number of carbonyl (C=O) groups excluding carboxylic acids is 2. The Bertz CT molecular complexity index is 588. The minimum absolute atomic E-state index is 0.0191. The largest absolute Gasteiger partial charge is 0.342 e. The summed E-state index contributed by atoms with van der Waals surface area (Å²) in [5.74, 6) is 0.0924. The first-order chi connectivity index (χ1) is 12.1. The molecule has 2 unspecified atom stereocenters. The fraction of sp³-hybridized carbons (Fsp3) is 0.600. The van der Waals surface area contributed by atoms with Crippen molar-refractivity contribution in [3.63, 3.8) is 0 Å². The summed E-state index contributed by atoms with van der Waals surface area (Å²) < 4.78 is 0. The van der Waals surface area contributed by atoms with Gasteiger partial charge in [0.25, 0.3) is 0 Å². The van der Waals surface area contributed by atoms with E-state index in [0.29, 0.717) is 6.54 Å². The molecule has 0 aliphatic carbocycles. The van der Waals surface area contributed by atoms with Crippen molar-refractivity contribution in [2.24, 2.45) is 11.8 Å². The molecule has 1 aromatic rings. The third-order valence-corrected chi connectivity index (χ3v) is 4.98. The second-order valence-electron chi connectivity index (χ2n) is 6.86. The van der Waals surface area contributed by atoms with Crippen molar-refractivity contribution in [1.82, 2.24) is 10.2 Å². The summed E-state index contributed by atoms with van der Waals surface area (Å²) in [5.41, 5.74) is 1.94. The van der Waals surface area contributed by atoms with Gasteiger partial charge in [-0.2, -0.15) is 0 Å². The summed E-state index contributed by atoms with van der Waals surface area (Å²) >= 11 is 0. The standard InChI is InChI=1S/C20H31N3O2/c1-4-15(3)20(25)23-12-8-10-17(14-23)19(24)22-18-11-7-6-9-16(18)13-21-5-2/h6-7,9,11,15,17,21H,4-5,8,10,12-14H2,1-3H3,(H,22,24). The first-order valence-corrected chi connectivity index (χ1v) is 9.45. The number of likely N-dealkylation sites (tertiary alicyclic amines) is 1. The highest BCUT2D eigenvalue weighted by atomic mass is 16.2. The normalized spacial score (nSPS) is 18.7. The van der Waals surface area contributed by atoms with Crippen LogP contribution >= 0.6 is 0 Å². The zero-order chi connectivity index (χ0) is 18.2. The van der Waals surface area contributed by atoms with E-state index in [1.54, 1.807) is 0 Å². The molecule has 2 amide bonds. The Morgan fingerprint density at radius 2 is 2.04 bits per heavy atom. The van der Waals surface area contributed by atoms with Crippen LogP contribution in [-0.2, 0) is 16.1 Å². The second-order valence-corrected chi connectivity index (χ2v) is 6.86. The zero-order valence-corrected chi connectivity index (χ0v) is 15.7. The van der Waals surface area contributed by atoms with E-state index in [0.717, 1.165) is 50.1 Å². The molecule has 0 radical (unpaired) electrons. The van der Waals surface area contributed by atoms with Crippen LogP contribution in [0.5, 0.6) is 0 Å². The minimum Gasteiger partial charge on any atom is -0.342 e. The van der Waals surface area contributed by atoms with E-state index in [1.165, 1.54) is 0 Å². The summed E-state index contributed by atoms with van der Waals surface area (Å²) in [5, 5.41) is 6.37. The summed E-state index contributed by atoms with van der Waals surface area (Å²) in [6, 6.07) is 7.88. The predicted octanol–water partition coefficient (Wildman–Crippen LogP) is 3.02. The Morgan fingerprint density at radius 1 is 1.28 bits per heavy atom. The van der Waals surface area contributed by atoms with E-state index in [9.17, 15) is 9.59 Å². The molecule has 5 heteroatoms. The zero-order valence-electron chi connectivity index (χ0n) is 15.7. The smallest absolute Gasteiger partial charge is 0.229 e. The maximum Gasteiger partial charge on any atom is 0.229 e. The van der Waals surface area contributed by atoms with E-state index in [-0.39, 0.29) is 23.7 Å². The van der Waals surface area contributed by atoms with Crippen LogP contribution in [0.3, 0.4) is 0 Å². The summed E-state index contributed by atoms with van der Waals surface area (Å²) in [6.45, 7) is 8.97. The lowest BCUT2D eigenvalue weighted by Gasteiger charge is -2.33. The molecule has 2 rings (SSSR count). The topological polar surface area (TPSA) is 61.4 Å². The average molecular weight is 345 g/mol. The molecule has 2 N–H and O–H groups in total. The molecule has 1 aliphatic rings. The number of nitrogens with zero attached hydrogens (tertiary/aromatic N) is 1. The number of piperidine rings is 1. The molecular formula is C20H31N3O2. The molecule has 0 aromatic heterocycles. The van der Waals surface area contributed by atoms with Gasteiger partial charge < -0.3 is 15.5 Å². The van der Waals surface area contributed by atoms with Gasteiger partial charge in [0, 0.05) is 31.2 Å². The monoisotopic (exact) mass is 345 g/mol. The third kappa shape index (κ3) is 5.30. The van der Waals surface area contributed by atoms with Gasteiger partial charge in [-0.25, -0.2) is 0 Å². The maximum atomic E-state index is 12.7. The number of benzene rings is 1. The summed E-state index contributed by atoms with van der Waals surface area (Å²) in [7, 11) is 0. The number of rotatable bonds is 7. The van der Waals surface area contributed by atoms with E-state index < -0.39 is 0 Å². The quantitative estimate of drug-likeness (QED) is 0.798. The molecule has 1 aliphatic heterocycles.